The Morgan fingerprint density at radius 1 is 1.11 bits per heavy atom. The van der Waals surface area contributed by atoms with E-state index >= 15 is 0 Å². The maximum absolute atomic E-state index is 9.78. The smallest absolute Gasteiger partial charge is 0.0499 e. The van der Waals surface area contributed by atoms with Crippen molar-refractivity contribution < 1.29 is 5.11 Å². The first-order chi connectivity index (χ1) is 9.22. The molecule has 3 fully saturated rings. The molecule has 19 heavy (non-hydrogen) atoms. The van der Waals surface area contributed by atoms with Crippen molar-refractivity contribution in [1.29, 1.82) is 0 Å². The van der Waals surface area contributed by atoms with Crippen molar-refractivity contribution in [3.63, 3.8) is 0 Å². The van der Waals surface area contributed by atoms with E-state index in [9.17, 15) is 5.11 Å². The number of nitrogens with one attached hydrogen (secondary N) is 1. The number of hydrogen-bond acceptors (Lipinski definition) is 3. The summed E-state index contributed by atoms with van der Waals surface area (Å²) in [6.07, 6.45) is 11.8. The highest BCUT2D eigenvalue weighted by Gasteiger charge is 2.39. The molecule has 0 spiro atoms. The third-order valence-electron chi connectivity index (χ3n) is 6.11. The quantitative estimate of drug-likeness (QED) is 0.818. The summed E-state index contributed by atoms with van der Waals surface area (Å²) >= 11 is 0. The number of piperidine rings is 1. The van der Waals surface area contributed by atoms with Crippen molar-refractivity contribution in [1.82, 2.24) is 10.2 Å². The van der Waals surface area contributed by atoms with Crippen LogP contribution in [-0.4, -0.2) is 48.3 Å². The van der Waals surface area contributed by atoms with Gasteiger partial charge in [-0.15, -0.1) is 0 Å². The average molecular weight is 266 g/mol. The van der Waals surface area contributed by atoms with Crippen LogP contribution < -0.4 is 5.32 Å². The van der Waals surface area contributed by atoms with Crippen molar-refractivity contribution in [3.05, 3.63) is 0 Å². The van der Waals surface area contributed by atoms with Gasteiger partial charge in [0, 0.05) is 36.7 Å². The van der Waals surface area contributed by atoms with Gasteiger partial charge in [0.15, 0.2) is 0 Å². The largest absolute Gasteiger partial charge is 0.396 e. The maximum Gasteiger partial charge on any atom is 0.0499 e. The Labute approximate surface area is 117 Å². The molecule has 1 aliphatic carbocycles. The number of aliphatic hydroxyl groups excluding tert-OH is 1. The molecule has 2 aliphatic heterocycles. The van der Waals surface area contributed by atoms with Gasteiger partial charge in [0.2, 0.25) is 0 Å². The Balaban J connectivity index is 1.52. The van der Waals surface area contributed by atoms with Gasteiger partial charge in [-0.05, 0) is 45.6 Å². The Morgan fingerprint density at radius 3 is 2.32 bits per heavy atom. The molecule has 0 amide bonds. The molecule has 3 nitrogen and oxygen atoms in total. The Morgan fingerprint density at radius 2 is 1.74 bits per heavy atom. The molecule has 1 saturated carbocycles. The summed E-state index contributed by atoms with van der Waals surface area (Å²) in [5.74, 6) is 0. The van der Waals surface area contributed by atoms with Gasteiger partial charge in [0.05, 0.1) is 0 Å². The van der Waals surface area contributed by atoms with E-state index in [1.54, 1.807) is 0 Å². The van der Waals surface area contributed by atoms with Crippen LogP contribution in [0.1, 0.15) is 57.8 Å². The van der Waals surface area contributed by atoms with Crippen molar-refractivity contribution >= 4 is 0 Å². The first kappa shape index (κ1) is 13.8. The molecule has 2 bridgehead atoms. The summed E-state index contributed by atoms with van der Waals surface area (Å²) in [4.78, 5) is 2.60. The lowest BCUT2D eigenvalue weighted by Crippen LogP contribution is -2.50. The van der Waals surface area contributed by atoms with Gasteiger partial charge in [-0.3, -0.25) is 0 Å². The number of fused-ring (bicyclic) bond motifs is 2. The van der Waals surface area contributed by atoms with E-state index in [4.69, 9.17) is 0 Å². The molecule has 110 valence electrons. The second-order valence-corrected chi connectivity index (χ2v) is 7.32. The number of hydrogen-bond donors (Lipinski definition) is 2. The standard InChI is InChI=1S/C16H30N2O/c1-18-14-5-6-15(18)10-13(9-14)17-11-16(12-19)7-3-2-4-8-16/h13-15,17,19H,2-12H2,1H3. The zero-order chi connectivity index (χ0) is 13.3. The van der Waals surface area contributed by atoms with E-state index in [1.165, 1.54) is 57.8 Å². The molecule has 2 saturated heterocycles. The Kier molecular flexibility index (Phi) is 4.16. The van der Waals surface area contributed by atoms with Gasteiger partial charge in [-0.1, -0.05) is 19.3 Å². The van der Waals surface area contributed by atoms with Gasteiger partial charge in [-0.2, -0.15) is 0 Å². The van der Waals surface area contributed by atoms with Crippen molar-refractivity contribution in [2.75, 3.05) is 20.2 Å². The molecular formula is C16H30N2O. The van der Waals surface area contributed by atoms with Gasteiger partial charge in [0.1, 0.15) is 0 Å². The van der Waals surface area contributed by atoms with Crippen LogP contribution in [0.15, 0.2) is 0 Å². The fraction of sp³-hybridized carbons (Fsp3) is 1.00. The normalized spacial score (nSPS) is 38.5. The van der Waals surface area contributed by atoms with Crippen LogP contribution in [-0.2, 0) is 0 Å². The summed E-state index contributed by atoms with van der Waals surface area (Å²) < 4.78 is 0. The SMILES string of the molecule is CN1C2CCC1CC(NCC1(CO)CCCCC1)C2. The second kappa shape index (κ2) is 5.71. The molecule has 0 aromatic rings. The van der Waals surface area contributed by atoms with E-state index in [2.05, 4.69) is 17.3 Å². The predicted octanol–water partition coefficient (Wildman–Crippen LogP) is 2.14. The summed E-state index contributed by atoms with van der Waals surface area (Å²) in [5, 5.41) is 13.6. The minimum absolute atomic E-state index is 0.195. The minimum atomic E-state index is 0.195. The topological polar surface area (TPSA) is 35.5 Å². The fourth-order valence-corrected chi connectivity index (χ4v) is 4.63. The highest BCUT2D eigenvalue weighted by Crippen LogP contribution is 2.37. The lowest BCUT2D eigenvalue weighted by atomic mass is 9.74. The lowest BCUT2D eigenvalue weighted by Gasteiger charge is -2.40. The van der Waals surface area contributed by atoms with Gasteiger partial charge in [0.25, 0.3) is 0 Å². The maximum atomic E-state index is 9.78. The lowest BCUT2D eigenvalue weighted by molar-refractivity contribution is 0.0698. The zero-order valence-corrected chi connectivity index (χ0v) is 12.4. The average Bonchev–Trinajstić information content (AvgIpc) is 2.68. The molecule has 2 atom stereocenters. The van der Waals surface area contributed by atoms with E-state index in [0.717, 1.165) is 18.6 Å². The van der Waals surface area contributed by atoms with Crippen LogP contribution in [0.3, 0.4) is 0 Å². The first-order valence-electron chi connectivity index (χ1n) is 8.29. The molecule has 3 heteroatoms. The van der Waals surface area contributed by atoms with E-state index < -0.39 is 0 Å². The molecule has 2 heterocycles. The van der Waals surface area contributed by atoms with Crippen molar-refractivity contribution in [3.8, 4) is 0 Å². The first-order valence-corrected chi connectivity index (χ1v) is 8.29. The highest BCUT2D eigenvalue weighted by molar-refractivity contribution is 4.97. The summed E-state index contributed by atoms with van der Waals surface area (Å²) in [6.45, 7) is 1.41. The van der Waals surface area contributed by atoms with Crippen LogP contribution in [0.25, 0.3) is 0 Å². The zero-order valence-electron chi connectivity index (χ0n) is 12.4. The molecule has 3 rings (SSSR count). The van der Waals surface area contributed by atoms with Gasteiger partial charge in [-0.25, -0.2) is 0 Å². The predicted molar refractivity (Wildman–Crippen MR) is 78.2 cm³/mol. The summed E-state index contributed by atoms with van der Waals surface area (Å²) in [5.41, 5.74) is 0.195. The van der Waals surface area contributed by atoms with Crippen LogP contribution in [0.5, 0.6) is 0 Å². The van der Waals surface area contributed by atoms with Gasteiger partial charge < -0.3 is 15.3 Å². The van der Waals surface area contributed by atoms with Crippen LogP contribution >= 0.6 is 0 Å². The van der Waals surface area contributed by atoms with E-state index in [1.807, 2.05) is 0 Å². The van der Waals surface area contributed by atoms with E-state index in [0.29, 0.717) is 12.6 Å². The third kappa shape index (κ3) is 2.84. The van der Waals surface area contributed by atoms with Crippen LogP contribution in [0, 0.1) is 5.41 Å². The molecule has 2 N–H and O–H groups in total. The Bertz CT molecular complexity index is 287. The van der Waals surface area contributed by atoms with Crippen molar-refractivity contribution in [2.24, 2.45) is 5.41 Å². The molecule has 2 unspecified atom stereocenters. The monoisotopic (exact) mass is 266 g/mol. The molecular weight excluding hydrogens is 236 g/mol. The minimum Gasteiger partial charge on any atom is -0.396 e. The summed E-state index contributed by atoms with van der Waals surface area (Å²) in [6, 6.07) is 2.32. The van der Waals surface area contributed by atoms with Crippen LogP contribution in [0.4, 0.5) is 0 Å². The number of rotatable bonds is 4. The van der Waals surface area contributed by atoms with Crippen LogP contribution in [0.2, 0.25) is 0 Å². The third-order valence-corrected chi connectivity index (χ3v) is 6.11. The number of nitrogens with zero attached hydrogens (tertiary/aromatic N) is 1. The molecule has 0 aromatic carbocycles. The highest BCUT2D eigenvalue weighted by atomic mass is 16.3. The van der Waals surface area contributed by atoms with Gasteiger partial charge >= 0.3 is 0 Å². The number of aliphatic hydroxyl groups is 1. The fourth-order valence-electron chi connectivity index (χ4n) is 4.63. The second-order valence-electron chi connectivity index (χ2n) is 7.32. The molecule has 3 aliphatic rings. The van der Waals surface area contributed by atoms with E-state index in [-0.39, 0.29) is 5.41 Å². The summed E-state index contributed by atoms with van der Waals surface area (Å²) in [7, 11) is 2.30. The Hall–Kier alpha value is -0.120. The van der Waals surface area contributed by atoms with Crippen molar-refractivity contribution in [2.45, 2.75) is 75.9 Å². The molecule has 0 aromatic heterocycles. The molecule has 0 radical (unpaired) electrons.